The van der Waals surface area contributed by atoms with Gasteiger partial charge < -0.3 is 14.6 Å². The highest BCUT2D eigenvalue weighted by Gasteiger charge is 2.09. The number of carbonyl (C=O) groups excluding carboxylic acids is 1. The summed E-state index contributed by atoms with van der Waals surface area (Å²) in [5, 5.41) is 3.34. The molecular weight excluding hydrogens is 343 g/mol. The lowest BCUT2D eigenvalue weighted by Crippen LogP contribution is -2.22. The minimum Gasteiger partial charge on any atom is -0.459 e. The van der Waals surface area contributed by atoms with E-state index in [4.69, 9.17) is 4.42 Å². The average molecular weight is 366 g/mol. The van der Waals surface area contributed by atoms with Gasteiger partial charge in [0.05, 0.1) is 6.54 Å². The fourth-order valence-electron chi connectivity index (χ4n) is 2.88. The Morgan fingerprint density at radius 2 is 1.96 bits per heavy atom. The van der Waals surface area contributed by atoms with Crippen LogP contribution in [0.25, 0.3) is 11.3 Å². The quantitative estimate of drug-likeness (QED) is 0.669. The van der Waals surface area contributed by atoms with Crippen LogP contribution in [0.4, 0.5) is 10.1 Å². The molecule has 140 valence electrons. The lowest BCUT2D eigenvalue weighted by atomic mass is 10.1. The number of aryl methyl sites for hydroxylation is 1. The zero-order valence-electron chi connectivity index (χ0n) is 15.8. The molecule has 3 aromatic rings. The van der Waals surface area contributed by atoms with Crippen molar-refractivity contribution < 1.29 is 13.6 Å². The Morgan fingerprint density at radius 1 is 1.15 bits per heavy atom. The van der Waals surface area contributed by atoms with Gasteiger partial charge in [0.2, 0.25) is 5.91 Å². The molecule has 0 saturated carbocycles. The van der Waals surface area contributed by atoms with Crippen LogP contribution in [0.1, 0.15) is 23.8 Å². The molecule has 0 saturated heterocycles. The molecule has 27 heavy (non-hydrogen) atoms. The Kier molecular flexibility index (Phi) is 5.60. The Labute approximate surface area is 158 Å². The minimum atomic E-state index is -0.250. The van der Waals surface area contributed by atoms with Gasteiger partial charge in [0.15, 0.2) is 0 Å². The Balaban J connectivity index is 1.66. The number of halogens is 1. The van der Waals surface area contributed by atoms with E-state index < -0.39 is 0 Å². The van der Waals surface area contributed by atoms with E-state index in [9.17, 15) is 9.18 Å². The van der Waals surface area contributed by atoms with Crippen LogP contribution in [0.2, 0.25) is 0 Å². The first kappa shape index (κ1) is 18.7. The van der Waals surface area contributed by atoms with Crippen molar-refractivity contribution in [2.45, 2.75) is 26.9 Å². The highest BCUT2D eigenvalue weighted by atomic mass is 19.1. The third-order valence-corrected chi connectivity index (χ3v) is 4.47. The summed E-state index contributed by atoms with van der Waals surface area (Å²) >= 11 is 0. The van der Waals surface area contributed by atoms with Gasteiger partial charge in [-0.3, -0.25) is 4.79 Å². The number of hydrogen-bond acceptors (Lipinski definition) is 3. The Bertz CT molecular complexity index is 949. The number of amides is 1. The topological polar surface area (TPSA) is 45.5 Å². The van der Waals surface area contributed by atoms with Crippen molar-refractivity contribution >= 4 is 11.6 Å². The highest BCUT2D eigenvalue weighted by molar-refractivity contribution is 5.72. The van der Waals surface area contributed by atoms with E-state index in [-0.39, 0.29) is 11.7 Å². The number of furan rings is 1. The molecule has 0 fully saturated rings. The molecule has 1 amide bonds. The van der Waals surface area contributed by atoms with Crippen LogP contribution < -0.4 is 5.32 Å². The van der Waals surface area contributed by atoms with Gasteiger partial charge in [-0.05, 0) is 60.5 Å². The molecule has 0 unspecified atom stereocenters. The van der Waals surface area contributed by atoms with E-state index in [2.05, 4.69) is 5.32 Å². The molecule has 1 N–H and O–H groups in total. The lowest BCUT2D eigenvalue weighted by Gasteiger charge is -2.15. The van der Waals surface area contributed by atoms with Gasteiger partial charge in [-0.1, -0.05) is 12.1 Å². The molecule has 2 aromatic carbocycles. The first-order chi connectivity index (χ1) is 12.9. The molecule has 0 aliphatic rings. The summed E-state index contributed by atoms with van der Waals surface area (Å²) in [7, 11) is 1.78. The summed E-state index contributed by atoms with van der Waals surface area (Å²) in [6, 6.07) is 16.4. The normalized spacial score (nSPS) is 10.7. The first-order valence-electron chi connectivity index (χ1n) is 8.82. The van der Waals surface area contributed by atoms with Crippen LogP contribution in [0.15, 0.2) is 59.0 Å². The van der Waals surface area contributed by atoms with Gasteiger partial charge in [-0.2, -0.15) is 0 Å². The number of nitrogens with zero attached hydrogens (tertiary/aromatic N) is 1. The Hall–Kier alpha value is -3.08. The second kappa shape index (κ2) is 8.08. The molecule has 1 aromatic heterocycles. The van der Waals surface area contributed by atoms with Crippen molar-refractivity contribution in [3.8, 4) is 11.3 Å². The molecule has 3 rings (SSSR count). The lowest BCUT2D eigenvalue weighted by molar-refractivity contribution is -0.128. The van der Waals surface area contributed by atoms with Crippen LogP contribution >= 0.6 is 0 Å². The zero-order chi connectivity index (χ0) is 19.4. The van der Waals surface area contributed by atoms with Crippen LogP contribution in [0.3, 0.4) is 0 Å². The van der Waals surface area contributed by atoms with Crippen LogP contribution in [0.5, 0.6) is 0 Å². The minimum absolute atomic E-state index is 0.0348. The molecule has 0 aliphatic heterocycles. The summed E-state index contributed by atoms with van der Waals surface area (Å²) in [5.41, 5.74) is 3.74. The van der Waals surface area contributed by atoms with Crippen molar-refractivity contribution in [3.63, 3.8) is 0 Å². The molecule has 5 heteroatoms. The van der Waals surface area contributed by atoms with E-state index in [0.717, 1.165) is 33.9 Å². The number of rotatable bonds is 6. The maximum Gasteiger partial charge on any atom is 0.219 e. The second-order valence-corrected chi connectivity index (χ2v) is 6.65. The van der Waals surface area contributed by atoms with E-state index in [0.29, 0.717) is 13.1 Å². The van der Waals surface area contributed by atoms with E-state index in [1.54, 1.807) is 24.9 Å². The third-order valence-electron chi connectivity index (χ3n) is 4.47. The van der Waals surface area contributed by atoms with Crippen molar-refractivity contribution in [2.24, 2.45) is 0 Å². The third kappa shape index (κ3) is 4.76. The maximum absolute atomic E-state index is 13.3. The van der Waals surface area contributed by atoms with Crippen LogP contribution in [0, 0.1) is 12.7 Å². The maximum atomic E-state index is 13.3. The van der Waals surface area contributed by atoms with E-state index in [1.807, 2.05) is 43.3 Å². The summed E-state index contributed by atoms with van der Waals surface area (Å²) in [6.07, 6.45) is 0. The van der Waals surface area contributed by atoms with Gasteiger partial charge >= 0.3 is 0 Å². The number of anilines is 1. The average Bonchev–Trinajstić information content (AvgIpc) is 3.09. The summed E-state index contributed by atoms with van der Waals surface area (Å²) in [4.78, 5) is 13.1. The molecule has 0 bridgehead atoms. The van der Waals surface area contributed by atoms with E-state index >= 15 is 0 Å². The molecule has 1 heterocycles. The number of benzene rings is 2. The number of carbonyl (C=O) groups is 1. The predicted octanol–water partition coefficient (Wildman–Crippen LogP) is 4.98. The van der Waals surface area contributed by atoms with Crippen LogP contribution in [-0.4, -0.2) is 17.9 Å². The van der Waals surface area contributed by atoms with Crippen molar-refractivity contribution in [1.29, 1.82) is 0 Å². The molecule has 0 aliphatic carbocycles. The summed E-state index contributed by atoms with van der Waals surface area (Å²) in [6.45, 7) is 4.52. The van der Waals surface area contributed by atoms with Gasteiger partial charge in [0.25, 0.3) is 0 Å². The van der Waals surface area contributed by atoms with E-state index in [1.165, 1.54) is 12.1 Å². The SMILES string of the molecule is CC(=O)N(C)Cc1cccc(NCc2ccc(-c3ccc(F)cc3C)o2)c1. The second-order valence-electron chi connectivity index (χ2n) is 6.65. The van der Waals surface area contributed by atoms with Crippen molar-refractivity contribution in [1.82, 2.24) is 4.90 Å². The van der Waals surface area contributed by atoms with Gasteiger partial charge in [0, 0.05) is 31.8 Å². The smallest absolute Gasteiger partial charge is 0.219 e. The number of nitrogens with one attached hydrogen (secondary N) is 1. The number of hydrogen-bond donors (Lipinski definition) is 1. The van der Waals surface area contributed by atoms with Gasteiger partial charge in [-0.15, -0.1) is 0 Å². The van der Waals surface area contributed by atoms with Crippen LogP contribution in [-0.2, 0) is 17.9 Å². The molecule has 0 radical (unpaired) electrons. The molecular formula is C22H23FN2O2. The summed E-state index contributed by atoms with van der Waals surface area (Å²) < 4.78 is 19.2. The largest absolute Gasteiger partial charge is 0.459 e. The predicted molar refractivity (Wildman–Crippen MR) is 105 cm³/mol. The first-order valence-corrected chi connectivity index (χ1v) is 8.82. The van der Waals surface area contributed by atoms with Gasteiger partial charge in [0.1, 0.15) is 17.3 Å². The molecule has 0 spiro atoms. The fourth-order valence-corrected chi connectivity index (χ4v) is 2.88. The van der Waals surface area contributed by atoms with Crippen molar-refractivity contribution in [3.05, 3.63) is 77.3 Å². The van der Waals surface area contributed by atoms with Gasteiger partial charge in [-0.25, -0.2) is 4.39 Å². The fraction of sp³-hybridized carbons (Fsp3) is 0.227. The molecule has 0 atom stereocenters. The van der Waals surface area contributed by atoms with Crippen molar-refractivity contribution in [2.75, 3.05) is 12.4 Å². The highest BCUT2D eigenvalue weighted by Crippen LogP contribution is 2.26. The summed E-state index contributed by atoms with van der Waals surface area (Å²) in [5.74, 6) is 1.30. The standard InChI is InChI=1S/C22H23FN2O2/c1-15-11-18(23)7-9-21(15)22-10-8-20(27-22)13-24-19-6-4-5-17(12-19)14-25(3)16(2)26/h4-12,24H,13-14H2,1-3H3. The monoisotopic (exact) mass is 366 g/mol. The molecule has 4 nitrogen and oxygen atoms in total. The zero-order valence-corrected chi connectivity index (χ0v) is 15.8. The Morgan fingerprint density at radius 3 is 2.70 bits per heavy atom.